The van der Waals surface area contributed by atoms with Crippen LogP contribution in [0.15, 0.2) is 40.9 Å². The fraction of sp³-hybridized carbons (Fsp3) is 0.444. The summed E-state index contributed by atoms with van der Waals surface area (Å²) in [5, 5.41) is 9.61. The first-order valence-electron chi connectivity index (χ1n) is 8.08. The molecular formula is C18H22N2O4. The standard InChI is InChI=1S/C18H22N2O4/c1-23-13-18(17(21)22)8-5-9-20(12-18)11-16-19-10-15(24-16)14-6-3-2-4-7-14/h2-4,6-7,10H,5,8-9,11-13H2,1H3,(H,21,22). The summed E-state index contributed by atoms with van der Waals surface area (Å²) in [6.45, 7) is 2.01. The fourth-order valence-corrected chi connectivity index (χ4v) is 3.30. The molecule has 1 unspecified atom stereocenters. The molecule has 2 heterocycles. The van der Waals surface area contributed by atoms with E-state index in [0.29, 0.717) is 25.4 Å². The quantitative estimate of drug-likeness (QED) is 0.877. The van der Waals surface area contributed by atoms with Gasteiger partial charge in [-0.15, -0.1) is 0 Å². The Balaban J connectivity index is 1.70. The normalized spacial score (nSPS) is 21.7. The van der Waals surface area contributed by atoms with Crippen LogP contribution >= 0.6 is 0 Å². The molecule has 6 nitrogen and oxygen atoms in total. The van der Waals surface area contributed by atoms with Crippen LogP contribution in [0.3, 0.4) is 0 Å². The van der Waals surface area contributed by atoms with Crippen LogP contribution in [0.5, 0.6) is 0 Å². The predicted molar refractivity (Wildman–Crippen MR) is 88.4 cm³/mol. The van der Waals surface area contributed by atoms with E-state index in [4.69, 9.17) is 9.15 Å². The third-order valence-electron chi connectivity index (χ3n) is 4.50. The highest BCUT2D eigenvalue weighted by atomic mass is 16.5. The molecule has 1 fully saturated rings. The van der Waals surface area contributed by atoms with Crippen LogP contribution in [-0.2, 0) is 16.1 Å². The van der Waals surface area contributed by atoms with Gasteiger partial charge in [0.1, 0.15) is 5.41 Å². The van der Waals surface area contributed by atoms with Crippen molar-refractivity contribution in [2.75, 3.05) is 26.8 Å². The molecule has 1 N–H and O–H groups in total. The van der Waals surface area contributed by atoms with Gasteiger partial charge in [0.05, 0.1) is 19.3 Å². The first kappa shape index (κ1) is 16.7. The fourth-order valence-electron chi connectivity index (χ4n) is 3.30. The van der Waals surface area contributed by atoms with Crippen molar-refractivity contribution in [1.82, 2.24) is 9.88 Å². The highest BCUT2D eigenvalue weighted by Crippen LogP contribution is 2.32. The van der Waals surface area contributed by atoms with Crippen LogP contribution in [0.25, 0.3) is 11.3 Å². The van der Waals surface area contributed by atoms with E-state index in [2.05, 4.69) is 9.88 Å². The van der Waals surface area contributed by atoms with E-state index in [1.807, 2.05) is 30.3 Å². The van der Waals surface area contributed by atoms with Gasteiger partial charge in [-0.2, -0.15) is 0 Å². The molecule has 1 atom stereocenters. The zero-order chi connectivity index (χ0) is 17.0. The molecule has 3 rings (SSSR count). The minimum absolute atomic E-state index is 0.222. The smallest absolute Gasteiger partial charge is 0.313 e. The number of likely N-dealkylation sites (tertiary alicyclic amines) is 1. The number of oxazole rings is 1. The van der Waals surface area contributed by atoms with Crippen molar-refractivity contribution in [3.05, 3.63) is 42.4 Å². The van der Waals surface area contributed by atoms with Gasteiger partial charge in [0.2, 0.25) is 5.89 Å². The van der Waals surface area contributed by atoms with Crippen molar-refractivity contribution in [1.29, 1.82) is 0 Å². The first-order valence-corrected chi connectivity index (χ1v) is 8.08. The molecule has 1 saturated heterocycles. The van der Waals surface area contributed by atoms with Crippen LogP contribution in [0.2, 0.25) is 0 Å². The van der Waals surface area contributed by atoms with Crippen LogP contribution in [0, 0.1) is 5.41 Å². The molecule has 0 bridgehead atoms. The molecule has 1 aliphatic rings. The van der Waals surface area contributed by atoms with Gasteiger partial charge in [0.25, 0.3) is 0 Å². The second-order valence-corrected chi connectivity index (χ2v) is 6.32. The average Bonchev–Trinajstić information content (AvgIpc) is 3.04. The molecule has 2 aromatic rings. The number of hydrogen-bond donors (Lipinski definition) is 1. The van der Waals surface area contributed by atoms with E-state index in [0.717, 1.165) is 24.3 Å². The number of methoxy groups -OCH3 is 1. The summed E-state index contributed by atoms with van der Waals surface area (Å²) in [6.07, 6.45) is 3.17. The predicted octanol–water partition coefficient (Wildman–Crippen LogP) is 2.65. The molecule has 0 saturated carbocycles. The van der Waals surface area contributed by atoms with E-state index in [-0.39, 0.29) is 6.61 Å². The highest BCUT2D eigenvalue weighted by molar-refractivity contribution is 5.75. The lowest BCUT2D eigenvalue weighted by molar-refractivity contribution is -0.157. The van der Waals surface area contributed by atoms with Crippen molar-refractivity contribution in [3.63, 3.8) is 0 Å². The monoisotopic (exact) mass is 330 g/mol. The van der Waals surface area contributed by atoms with Crippen molar-refractivity contribution in [2.45, 2.75) is 19.4 Å². The van der Waals surface area contributed by atoms with Gasteiger partial charge in [-0.05, 0) is 19.4 Å². The van der Waals surface area contributed by atoms with Gasteiger partial charge >= 0.3 is 5.97 Å². The molecule has 0 radical (unpaired) electrons. The van der Waals surface area contributed by atoms with E-state index in [9.17, 15) is 9.90 Å². The van der Waals surface area contributed by atoms with E-state index in [1.54, 1.807) is 13.3 Å². The molecule has 1 aliphatic heterocycles. The van der Waals surface area contributed by atoms with Gasteiger partial charge in [-0.3, -0.25) is 9.69 Å². The molecule has 24 heavy (non-hydrogen) atoms. The number of carboxylic acid groups (broad SMARTS) is 1. The SMILES string of the molecule is COCC1(C(=O)O)CCCN(Cc2ncc(-c3ccccc3)o2)C1. The number of rotatable bonds is 6. The molecule has 6 heteroatoms. The summed E-state index contributed by atoms with van der Waals surface area (Å²) in [7, 11) is 1.55. The molecule has 0 spiro atoms. The Morgan fingerprint density at radius 2 is 2.21 bits per heavy atom. The Hall–Kier alpha value is -2.18. The Bertz CT molecular complexity index is 681. The molecule has 128 valence electrons. The number of piperidine rings is 1. The minimum atomic E-state index is -0.845. The Morgan fingerprint density at radius 3 is 2.92 bits per heavy atom. The molecule has 0 amide bonds. The number of hydrogen-bond acceptors (Lipinski definition) is 5. The van der Waals surface area contributed by atoms with Crippen molar-refractivity contribution >= 4 is 5.97 Å². The maximum atomic E-state index is 11.7. The topological polar surface area (TPSA) is 75.8 Å². The maximum Gasteiger partial charge on any atom is 0.313 e. The maximum absolute atomic E-state index is 11.7. The number of ether oxygens (including phenoxy) is 1. The first-order chi connectivity index (χ1) is 11.6. The third kappa shape index (κ3) is 3.49. The van der Waals surface area contributed by atoms with Crippen LogP contribution < -0.4 is 0 Å². The van der Waals surface area contributed by atoms with Crippen LogP contribution in [0.4, 0.5) is 0 Å². The number of carboxylic acids is 1. The summed E-state index contributed by atoms with van der Waals surface area (Å²) in [4.78, 5) is 18.1. The molecule has 1 aromatic heterocycles. The van der Waals surface area contributed by atoms with Crippen LogP contribution in [0.1, 0.15) is 18.7 Å². The Labute approximate surface area is 141 Å². The van der Waals surface area contributed by atoms with Crippen molar-refractivity contribution in [2.24, 2.45) is 5.41 Å². The summed E-state index contributed by atoms with van der Waals surface area (Å²) < 4.78 is 11.0. The lowest BCUT2D eigenvalue weighted by atomic mass is 9.80. The zero-order valence-corrected chi connectivity index (χ0v) is 13.8. The number of nitrogens with zero attached hydrogens (tertiary/aromatic N) is 2. The number of aromatic nitrogens is 1. The molecule has 0 aliphatic carbocycles. The second-order valence-electron chi connectivity index (χ2n) is 6.32. The zero-order valence-electron chi connectivity index (χ0n) is 13.8. The van der Waals surface area contributed by atoms with Gasteiger partial charge in [0, 0.05) is 19.2 Å². The Kier molecular flexibility index (Phi) is 4.97. The summed E-state index contributed by atoms with van der Waals surface area (Å²) >= 11 is 0. The summed E-state index contributed by atoms with van der Waals surface area (Å²) in [5.41, 5.74) is 0.135. The summed E-state index contributed by atoms with van der Waals surface area (Å²) in [6, 6.07) is 9.80. The number of benzene rings is 1. The van der Waals surface area contributed by atoms with Crippen molar-refractivity contribution < 1.29 is 19.1 Å². The summed E-state index contributed by atoms with van der Waals surface area (Å²) in [5.74, 6) is 0.530. The molecule has 1 aromatic carbocycles. The highest BCUT2D eigenvalue weighted by Gasteiger charge is 2.42. The number of aliphatic carboxylic acids is 1. The van der Waals surface area contributed by atoms with Gasteiger partial charge in [0.15, 0.2) is 5.76 Å². The van der Waals surface area contributed by atoms with Crippen molar-refractivity contribution in [3.8, 4) is 11.3 Å². The van der Waals surface area contributed by atoms with E-state index >= 15 is 0 Å². The third-order valence-corrected chi connectivity index (χ3v) is 4.50. The molecular weight excluding hydrogens is 308 g/mol. The lowest BCUT2D eigenvalue weighted by Crippen LogP contribution is -2.50. The van der Waals surface area contributed by atoms with Crippen LogP contribution in [-0.4, -0.2) is 47.8 Å². The lowest BCUT2D eigenvalue weighted by Gasteiger charge is -2.38. The van der Waals surface area contributed by atoms with E-state index in [1.165, 1.54) is 0 Å². The average molecular weight is 330 g/mol. The minimum Gasteiger partial charge on any atom is -0.481 e. The second kappa shape index (κ2) is 7.15. The van der Waals surface area contributed by atoms with Gasteiger partial charge in [-0.25, -0.2) is 4.98 Å². The number of carbonyl (C=O) groups is 1. The van der Waals surface area contributed by atoms with Gasteiger partial charge in [-0.1, -0.05) is 30.3 Å². The van der Waals surface area contributed by atoms with E-state index < -0.39 is 11.4 Å². The largest absolute Gasteiger partial charge is 0.481 e. The Morgan fingerprint density at radius 1 is 1.42 bits per heavy atom. The van der Waals surface area contributed by atoms with Gasteiger partial charge < -0.3 is 14.3 Å².